The Bertz CT molecular complexity index is 1210. The van der Waals surface area contributed by atoms with Crippen molar-refractivity contribution in [3.63, 3.8) is 0 Å². The summed E-state index contributed by atoms with van der Waals surface area (Å²) in [5.74, 6) is 21.1. The highest BCUT2D eigenvalue weighted by molar-refractivity contribution is 5.07. The van der Waals surface area contributed by atoms with Crippen LogP contribution in [0.2, 0.25) is 0 Å². The Labute approximate surface area is 335 Å². The minimum Gasteiger partial charge on any atom is -0.0883 e. The van der Waals surface area contributed by atoms with E-state index in [0.29, 0.717) is 0 Å². The number of allylic oxidation sites excluding steroid dienone is 2. The zero-order chi connectivity index (χ0) is 36.0. The van der Waals surface area contributed by atoms with Crippen molar-refractivity contribution in [3.05, 3.63) is 12.2 Å². The maximum absolute atomic E-state index is 2.75. The second-order valence-electron chi connectivity index (χ2n) is 23.4. The van der Waals surface area contributed by atoms with Crippen LogP contribution in [0.5, 0.6) is 0 Å². The maximum atomic E-state index is 2.75. The van der Waals surface area contributed by atoms with E-state index >= 15 is 0 Å². The summed E-state index contributed by atoms with van der Waals surface area (Å²) < 4.78 is 0. The minimum absolute atomic E-state index is 0.902. The average Bonchev–Trinajstić information content (AvgIpc) is 3.51. The van der Waals surface area contributed by atoms with Gasteiger partial charge in [-0.2, -0.15) is 0 Å². The molecule has 0 spiro atoms. The van der Waals surface area contributed by atoms with E-state index in [1.807, 2.05) is 0 Å². The van der Waals surface area contributed by atoms with E-state index in [9.17, 15) is 0 Å². The summed E-state index contributed by atoms with van der Waals surface area (Å²) in [7, 11) is 0. The van der Waals surface area contributed by atoms with Crippen molar-refractivity contribution >= 4 is 0 Å². The van der Waals surface area contributed by atoms with Crippen molar-refractivity contribution in [1.82, 2.24) is 0 Å². The Morgan fingerprint density at radius 2 is 0.852 bits per heavy atom. The largest absolute Gasteiger partial charge is 0.0883 e. The molecule has 0 radical (unpaired) electrons. The third kappa shape index (κ3) is 7.34. The molecule has 0 aromatic heterocycles. The Hall–Kier alpha value is -0.260. The molecule has 0 aromatic carbocycles. The first-order valence-electron chi connectivity index (χ1n) is 26.4. The van der Waals surface area contributed by atoms with Gasteiger partial charge in [0.1, 0.15) is 0 Å². The second-order valence-corrected chi connectivity index (χ2v) is 23.4. The van der Waals surface area contributed by atoms with Gasteiger partial charge in [0.25, 0.3) is 0 Å². The van der Waals surface area contributed by atoms with Crippen LogP contribution < -0.4 is 0 Å². The molecule has 0 saturated heterocycles. The van der Waals surface area contributed by atoms with Gasteiger partial charge in [0.2, 0.25) is 0 Å². The first kappa shape index (κ1) is 38.0. The molecule has 0 aromatic rings. The van der Waals surface area contributed by atoms with Crippen molar-refractivity contribution in [2.45, 2.75) is 212 Å². The predicted molar refractivity (Wildman–Crippen MR) is 229 cm³/mol. The standard InChI is InChI=1S/C54H88/c1-2-11-37(45-30-25-43-29-35-50-46(38-14-7-3-4-8-15-38)31-26-44-28-34-49(45)53(43)54(44)50)13-9-5-6-12-36-18-20-39(21-19-36)47-32-24-42-23-22-40-16-10-17-41-27-33-48(47)52(42)51(40)41/h6,12,36-54H,2-5,7-11,13-35H2,1H3/t36?,37?,39?,40-,41?,42?,43?,44?,45?,46?,47?,48?,49?,50?,51?,52?,53?,54?/m0/s1. The first-order valence-corrected chi connectivity index (χ1v) is 26.4. The molecule has 54 heavy (non-hydrogen) atoms. The highest BCUT2D eigenvalue weighted by Gasteiger charge is 2.57. The Morgan fingerprint density at radius 3 is 1.48 bits per heavy atom. The molecule has 0 aliphatic heterocycles. The summed E-state index contributed by atoms with van der Waals surface area (Å²) in [4.78, 5) is 0. The van der Waals surface area contributed by atoms with Crippen LogP contribution in [0.1, 0.15) is 212 Å². The SMILES string of the molecule is CCCC(CCCC=CC1CCC(C2CCC3CC[C@@H]4CCCC5CCC2C3C54)CC1)C1CCC2CCC3C(C4CCCCCC4)CCC4CCC1C2C43. The zero-order valence-electron chi connectivity index (χ0n) is 35.8. The lowest BCUT2D eigenvalue weighted by molar-refractivity contribution is -0.131. The van der Waals surface area contributed by atoms with Gasteiger partial charge >= 0.3 is 0 Å². The summed E-state index contributed by atoms with van der Waals surface area (Å²) in [5, 5.41) is 0. The molecule has 0 amide bonds. The summed E-state index contributed by atoms with van der Waals surface area (Å²) in [6.07, 6.45) is 55.8. The van der Waals surface area contributed by atoms with Crippen molar-refractivity contribution in [2.24, 2.45) is 112 Å². The second kappa shape index (κ2) is 17.1. The van der Waals surface area contributed by atoms with Gasteiger partial charge in [-0.1, -0.05) is 89.7 Å². The molecular formula is C54H88. The molecule has 0 heterocycles. The number of rotatable bonds is 10. The van der Waals surface area contributed by atoms with Crippen molar-refractivity contribution in [2.75, 3.05) is 0 Å². The molecule has 15 unspecified atom stereocenters. The van der Waals surface area contributed by atoms with E-state index in [1.54, 1.807) is 154 Å². The predicted octanol–water partition coefficient (Wildman–Crippen LogP) is 15.9. The zero-order valence-corrected chi connectivity index (χ0v) is 35.8. The van der Waals surface area contributed by atoms with Gasteiger partial charge in [-0.25, -0.2) is 0 Å². The lowest BCUT2D eigenvalue weighted by atomic mass is 9.43. The molecule has 10 saturated carbocycles. The maximum Gasteiger partial charge on any atom is -0.0233 e. The van der Waals surface area contributed by atoms with Gasteiger partial charge in [0.15, 0.2) is 0 Å². The third-order valence-corrected chi connectivity index (χ3v) is 21.6. The van der Waals surface area contributed by atoms with E-state index in [-0.39, 0.29) is 0 Å². The molecule has 16 atom stereocenters. The van der Waals surface area contributed by atoms with Crippen molar-refractivity contribution in [3.8, 4) is 0 Å². The van der Waals surface area contributed by atoms with E-state index in [1.165, 1.54) is 57.3 Å². The molecule has 0 N–H and O–H groups in total. The van der Waals surface area contributed by atoms with Gasteiger partial charge < -0.3 is 0 Å². The number of hydrogen-bond acceptors (Lipinski definition) is 0. The fraction of sp³-hybridized carbons (Fsp3) is 0.963. The highest BCUT2D eigenvalue weighted by atomic mass is 14.6. The molecule has 0 heteroatoms. The molecule has 304 valence electrons. The average molecular weight is 737 g/mol. The van der Waals surface area contributed by atoms with Gasteiger partial charge in [0, 0.05) is 0 Å². The Morgan fingerprint density at radius 1 is 0.389 bits per heavy atom. The first-order chi connectivity index (χ1) is 26.7. The van der Waals surface area contributed by atoms with E-state index in [2.05, 4.69) is 19.1 Å². The molecule has 0 bridgehead atoms. The van der Waals surface area contributed by atoms with Gasteiger partial charge in [-0.15, -0.1) is 0 Å². The van der Waals surface area contributed by atoms with Crippen LogP contribution >= 0.6 is 0 Å². The van der Waals surface area contributed by atoms with E-state index in [4.69, 9.17) is 0 Å². The lowest BCUT2D eigenvalue weighted by Gasteiger charge is -2.62. The van der Waals surface area contributed by atoms with Gasteiger partial charge in [0.05, 0.1) is 0 Å². The fourth-order valence-electron chi connectivity index (χ4n) is 19.7. The number of hydrogen-bond donors (Lipinski definition) is 0. The van der Waals surface area contributed by atoms with E-state index < -0.39 is 0 Å². The molecule has 10 aliphatic rings. The highest BCUT2D eigenvalue weighted by Crippen LogP contribution is 2.65. The van der Waals surface area contributed by atoms with Crippen molar-refractivity contribution in [1.29, 1.82) is 0 Å². The summed E-state index contributed by atoms with van der Waals surface area (Å²) in [5.41, 5.74) is 0. The summed E-state index contributed by atoms with van der Waals surface area (Å²) in [6, 6.07) is 0. The molecule has 10 fully saturated rings. The van der Waals surface area contributed by atoms with Crippen LogP contribution in [0.3, 0.4) is 0 Å². The van der Waals surface area contributed by atoms with Crippen LogP contribution in [0.25, 0.3) is 0 Å². The monoisotopic (exact) mass is 737 g/mol. The summed E-state index contributed by atoms with van der Waals surface area (Å²) >= 11 is 0. The fourth-order valence-corrected chi connectivity index (χ4v) is 19.7. The summed E-state index contributed by atoms with van der Waals surface area (Å²) in [6.45, 7) is 2.51. The van der Waals surface area contributed by atoms with Crippen LogP contribution in [-0.4, -0.2) is 0 Å². The topological polar surface area (TPSA) is 0 Å². The lowest BCUT2D eigenvalue weighted by Crippen LogP contribution is -2.55. The Kier molecular flexibility index (Phi) is 12.1. The molecule has 0 nitrogen and oxygen atoms in total. The molecule has 10 aliphatic carbocycles. The Balaban J connectivity index is 0.715. The minimum atomic E-state index is 0.902. The van der Waals surface area contributed by atoms with Crippen LogP contribution in [-0.2, 0) is 0 Å². The van der Waals surface area contributed by atoms with Crippen LogP contribution in [0.4, 0.5) is 0 Å². The third-order valence-electron chi connectivity index (χ3n) is 21.6. The molecule has 10 rings (SSSR count). The van der Waals surface area contributed by atoms with Crippen LogP contribution in [0.15, 0.2) is 12.2 Å². The van der Waals surface area contributed by atoms with Gasteiger partial charge in [-0.3, -0.25) is 0 Å². The van der Waals surface area contributed by atoms with Crippen LogP contribution in [0, 0.1) is 112 Å². The quantitative estimate of drug-likeness (QED) is 0.119. The molecular weight excluding hydrogens is 649 g/mol. The normalized spacial score (nSPS) is 49.8. The number of unbranched alkanes of at least 4 members (excludes halogenated alkanes) is 1. The van der Waals surface area contributed by atoms with E-state index in [0.717, 1.165) is 107 Å². The van der Waals surface area contributed by atoms with Gasteiger partial charge in [-0.05, 0) is 247 Å². The smallest absolute Gasteiger partial charge is 0.0233 e. The van der Waals surface area contributed by atoms with Crippen molar-refractivity contribution < 1.29 is 0 Å².